The maximum atomic E-state index is 11.7. The number of aromatic carboxylic acids is 1. The molecule has 16 heavy (non-hydrogen) atoms. The number of carbonyl (C=O) groups is 2. The Hall–Kier alpha value is -1.71. The SMILES string of the molecule is O=C(O)c1ccc([C@@H]2CCCCC2=O)nc1. The molecule has 1 fully saturated rings. The van der Waals surface area contributed by atoms with Crippen LogP contribution in [-0.4, -0.2) is 21.8 Å². The van der Waals surface area contributed by atoms with Gasteiger partial charge in [-0.05, 0) is 25.0 Å². The van der Waals surface area contributed by atoms with Crippen molar-refractivity contribution in [2.45, 2.75) is 31.6 Å². The Bertz CT molecular complexity index is 411. The van der Waals surface area contributed by atoms with Crippen molar-refractivity contribution >= 4 is 11.8 Å². The van der Waals surface area contributed by atoms with Crippen molar-refractivity contribution in [3.63, 3.8) is 0 Å². The zero-order chi connectivity index (χ0) is 11.5. The van der Waals surface area contributed by atoms with Crippen LogP contribution in [0, 0.1) is 0 Å². The first-order valence-corrected chi connectivity index (χ1v) is 5.40. The van der Waals surface area contributed by atoms with Gasteiger partial charge in [0, 0.05) is 12.6 Å². The largest absolute Gasteiger partial charge is 0.478 e. The molecule has 0 saturated heterocycles. The van der Waals surface area contributed by atoms with Crippen LogP contribution >= 0.6 is 0 Å². The minimum absolute atomic E-state index is 0.128. The average molecular weight is 219 g/mol. The van der Waals surface area contributed by atoms with Gasteiger partial charge in [0.2, 0.25) is 0 Å². The summed E-state index contributed by atoms with van der Waals surface area (Å²) in [4.78, 5) is 26.4. The summed E-state index contributed by atoms with van der Waals surface area (Å²) in [7, 11) is 0. The molecule has 1 heterocycles. The van der Waals surface area contributed by atoms with E-state index in [9.17, 15) is 9.59 Å². The standard InChI is InChI=1S/C12H13NO3/c14-11-4-2-1-3-9(11)10-6-5-8(7-13-10)12(15)16/h5-7,9H,1-4H2,(H,15,16)/t9-/m0/s1. The van der Waals surface area contributed by atoms with Gasteiger partial charge in [-0.1, -0.05) is 6.42 Å². The van der Waals surface area contributed by atoms with E-state index in [4.69, 9.17) is 5.11 Å². The zero-order valence-corrected chi connectivity index (χ0v) is 8.85. The molecule has 1 aromatic heterocycles. The fraction of sp³-hybridized carbons (Fsp3) is 0.417. The van der Waals surface area contributed by atoms with Crippen molar-refractivity contribution in [2.24, 2.45) is 0 Å². The molecule has 1 aliphatic carbocycles. The van der Waals surface area contributed by atoms with E-state index < -0.39 is 5.97 Å². The molecule has 0 aromatic carbocycles. The van der Waals surface area contributed by atoms with E-state index in [-0.39, 0.29) is 17.3 Å². The van der Waals surface area contributed by atoms with E-state index in [2.05, 4.69) is 4.98 Å². The smallest absolute Gasteiger partial charge is 0.337 e. The Labute approximate surface area is 93.3 Å². The van der Waals surface area contributed by atoms with Crippen LogP contribution in [0.2, 0.25) is 0 Å². The molecule has 0 amide bonds. The number of rotatable bonds is 2. The number of pyridine rings is 1. The van der Waals surface area contributed by atoms with Gasteiger partial charge in [0.1, 0.15) is 5.78 Å². The van der Waals surface area contributed by atoms with Gasteiger partial charge in [0.25, 0.3) is 0 Å². The number of nitrogens with zero attached hydrogens (tertiary/aromatic N) is 1. The lowest BCUT2D eigenvalue weighted by Gasteiger charge is -2.19. The number of Topliss-reactive ketones (excluding diaryl/α,β-unsaturated/α-hetero) is 1. The Kier molecular flexibility index (Phi) is 2.99. The molecule has 0 aliphatic heterocycles. The summed E-state index contributed by atoms with van der Waals surface area (Å²) >= 11 is 0. The third-order valence-electron chi connectivity index (χ3n) is 2.94. The van der Waals surface area contributed by atoms with E-state index in [1.54, 1.807) is 6.07 Å². The fourth-order valence-electron chi connectivity index (χ4n) is 2.03. The van der Waals surface area contributed by atoms with Crippen LogP contribution in [0.3, 0.4) is 0 Å². The molecule has 4 nitrogen and oxygen atoms in total. The Morgan fingerprint density at radius 1 is 1.38 bits per heavy atom. The highest BCUT2D eigenvalue weighted by Gasteiger charge is 2.24. The maximum Gasteiger partial charge on any atom is 0.337 e. The van der Waals surface area contributed by atoms with Crippen molar-refractivity contribution in [2.75, 3.05) is 0 Å². The third kappa shape index (κ3) is 2.10. The molecule has 1 atom stereocenters. The lowest BCUT2D eigenvalue weighted by atomic mass is 9.85. The normalized spacial score (nSPS) is 20.8. The Balaban J connectivity index is 2.20. The Morgan fingerprint density at radius 3 is 2.75 bits per heavy atom. The number of aromatic nitrogens is 1. The lowest BCUT2D eigenvalue weighted by molar-refractivity contribution is -0.121. The molecular formula is C12H13NO3. The molecule has 1 saturated carbocycles. The zero-order valence-electron chi connectivity index (χ0n) is 8.85. The van der Waals surface area contributed by atoms with E-state index in [1.165, 1.54) is 12.3 Å². The number of hydrogen-bond acceptors (Lipinski definition) is 3. The first-order chi connectivity index (χ1) is 7.68. The maximum absolute atomic E-state index is 11.7. The monoisotopic (exact) mass is 219 g/mol. The second kappa shape index (κ2) is 4.43. The minimum atomic E-state index is -0.992. The van der Waals surface area contributed by atoms with Gasteiger partial charge in [-0.15, -0.1) is 0 Å². The van der Waals surface area contributed by atoms with Crippen LogP contribution in [0.15, 0.2) is 18.3 Å². The van der Waals surface area contributed by atoms with Crippen LogP contribution in [0.25, 0.3) is 0 Å². The highest BCUT2D eigenvalue weighted by molar-refractivity contribution is 5.88. The number of hydrogen-bond donors (Lipinski definition) is 1. The number of carboxylic acid groups (broad SMARTS) is 1. The first-order valence-electron chi connectivity index (χ1n) is 5.40. The lowest BCUT2D eigenvalue weighted by Crippen LogP contribution is -2.18. The van der Waals surface area contributed by atoms with Gasteiger partial charge >= 0.3 is 5.97 Å². The summed E-state index contributed by atoms with van der Waals surface area (Å²) in [6.07, 6.45) is 4.77. The van der Waals surface area contributed by atoms with Crippen LogP contribution < -0.4 is 0 Å². The van der Waals surface area contributed by atoms with Crippen molar-refractivity contribution in [1.29, 1.82) is 0 Å². The van der Waals surface area contributed by atoms with E-state index in [1.807, 2.05) is 0 Å². The first kappa shape index (κ1) is 10.8. The van der Waals surface area contributed by atoms with Gasteiger partial charge in [-0.2, -0.15) is 0 Å². The van der Waals surface area contributed by atoms with Gasteiger partial charge < -0.3 is 5.11 Å². The molecule has 1 aromatic rings. The molecular weight excluding hydrogens is 206 g/mol. The van der Waals surface area contributed by atoms with Gasteiger partial charge in [0.15, 0.2) is 0 Å². The molecule has 2 rings (SSSR count). The van der Waals surface area contributed by atoms with Crippen molar-refractivity contribution in [3.8, 4) is 0 Å². The number of ketones is 1. The van der Waals surface area contributed by atoms with Crippen molar-refractivity contribution < 1.29 is 14.7 Å². The van der Waals surface area contributed by atoms with Gasteiger partial charge in [-0.3, -0.25) is 9.78 Å². The summed E-state index contributed by atoms with van der Waals surface area (Å²) in [5, 5.41) is 8.73. The molecule has 1 aliphatic rings. The molecule has 0 bridgehead atoms. The number of carbonyl (C=O) groups excluding carboxylic acids is 1. The number of carboxylic acids is 1. The minimum Gasteiger partial charge on any atom is -0.478 e. The van der Waals surface area contributed by atoms with Crippen molar-refractivity contribution in [3.05, 3.63) is 29.6 Å². The van der Waals surface area contributed by atoms with E-state index >= 15 is 0 Å². The van der Waals surface area contributed by atoms with Crippen LogP contribution in [0.5, 0.6) is 0 Å². The predicted molar refractivity (Wildman–Crippen MR) is 57.4 cm³/mol. The summed E-state index contributed by atoms with van der Waals surface area (Å²) in [6.45, 7) is 0. The van der Waals surface area contributed by atoms with Crippen LogP contribution in [0.1, 0.15) is 47.7 Å². The van der Waals surface area contributed by atoms with Gasteiger partial charge in [0.05, 0.1) is 17.2 Å². The third-order valence-corrected chi connectivity index (χ3v) is 2.94. The topological polar surface area (TPSA) is 67.3 Å². The van der Waals surface area contributed by atoms with Crippen LogP contribution in [0.4, 0.5) is 0 Å². The summed E-state index contributed by atoms with van der Waals surface area (Å²) in [5.41, 5.74) is 0.863. The molecule has 0 spiro atoms. The van der Waals surface area contributed by atoms with E-state index in [0.29, 0.717) is 12.1 Å². The second-order valence-electron chi connectivity index (χ2n) is 4.04. The fourth-order valence-corrected chi connectivity index (χ4v) is 2.03. The second-order valence-corrected chi connectivity index (χ2v) is 4.04. The average Bonchev–Trinajstić information content (AvgIpc) is 2.30. The summed E-state index contributed by atoms with van der Waals surface area (Å²) in [6, 6.07) is 3.16. The molecule has 4 heteroatoms. The van der Waals surface area contributed by atoms with Gasteiger partial charge in [-0.25, -0.2) is 4.79 Å². The predicted octanol–water partition coefficient (Wildman–Crippen LogP) is 2.01. The highest BCUT2D eigenvalue weighted by Crippen LogP contribution is 2.28. The molecule has 0 radical (unpaired) electrons. The quantitative estimate of drug-likeness (QED) is 0.826. The molecule has 0 unspecified atom stereocenters. The summed E-state index contributed by atoms with van der Waals surface area (Å²) < 4.78 is 0. The highest BCUT2D eigenvalue weighted by atomic mass is 16.4. The Morgan fingerprint density at radius 2 is 2.19 bits per heavy atom. The molecule has 1 N–H and O–H groups in total. The van der Waals surface area contributed by atoms with Crippen LogP contribution in [-0.2, 0) is 4.79 Å². The van der Waals surface area contributed by atoms with E-state index in [0.717, 1.165) is 19.3 Å². The summed E-state index contributed by atoms with van der Waals surface area (Å²) in [5.74, 6) is -0.896. The van der Waals surface area contributed by atoms with Crippen molar-refractivity contribution in [1.82, 2.24) is 4.98 Å². The molecule has 84 valence electrons.